The molecule has 0 fully saturated rings. The molecule has 0 spiro atoms. The van der Waals surface area contributed by atoms with E-state index in [2.05, 4.69) is 99.8 Å². The average Bonchev–Trinajstić information content (AvgIpc) is 3.70. The fourth-order valence-electron chi connectivity index (χ4n) is 5.99. The van der Waals surface area contributed by atoms with Crippen molar-refractivity contribution in [1.29, 1.82) is 0 Å². The van der Waals surface area contributed by atoms with Gasteiger partial charge in [-0.25, -0.2) is 0 Å². The summed E-state index contributed by atoms with van der Waals surface area (Å²) in [5.74, 6) is 0.240. The first-order valence-corrected chi connectivity index (χ1v) is 19.1. The van der Waals surface area contributed by atoms with Crippen LogP contribution in [0.1, 0.15) is 92.7 Å². The molecule has 0 saturated heterocycles. The number of carbonyl (C=O) groups is 1. The fraction of sp³-hybridized carbons (Fsp3) is 0.364. The van der Waals surface area contributed by atoms with E-state index in [1.165, 1.54) is 53.2 Å². The van der Waals surface area contributed by atoms with Crippen LogP contribution in [-0.2, 0) is 30.3 Å². The maximum Gasteiger partial charge on any atom is 0.164 e. The van der Waals surface area contributed by atoms with Gasteiger partial charge in [-0.1, -0.05) is 104 Å². The van der Waals surface area contributed by atoms with Crippen molar-refractivity contribution in [3.63, 3.8) is 0 Å². The van der Waals surface area contributed by atoms with Crippen molar-refractivity contribution in [2.24, 2.45) is 10.8 Å². The van der Waals surface area contributed by atoms with E-state index in [1.54, 1.807) is 0 Å². The van der Waals surface area contributed by atoms with Gasteiger partial charge < -0.3 is 5.11 Å². The van der Waals surface area contributed by atoms with Crippen molar-refractivity contribution in [2.75, 3.05) is 0 Å². The zero-order valence-electron chi connectivity index (χ0n) is 31.1. The van der Waals surface area contributed by atoms with Crippen LogP contribution < -0.4 is 0 Å². The maximum atomic E-state index is 12.1. The molecule has 265 valence electrons. The fourth-order valence-corrected chi connectivity index (χ4v) is 8.15. The van der Waals surface area contributed by atoms with Crippen LogP contribution in [0.5, 0.6) is 0 Å². The minimum atomic E-state index is -0.336. The molecule has 6 aromatic rings. The third-order valence-electron chi connectivity index (χ3n) is 10.3. The molecule has 0 aliphatic rings. The number of nitrogens with zero attached hydrogens (tertiary/aromatic N) is 1. The van der Waals surface area contributed by atoms with E-state index in [0.717, 1.165) is 35.9 Å². The van der Waals surface area contributed by atoms with Crippen molar-refractivity contribution in [2.45, 2.75) is 93.9 Å². The van der Waals surface area contributed by atoms with Crippen molar-refractivity contribution in [3.8, 4) is 21.7 Å². The number of fused-ring (bicyclic) bond motifs is 3. The number of aliphatic hydroxyl groups excluding tert-OH is 1. The second kappa shape index (κ2) is 15.6. The quantitative estimate of drug-likeness (QED) is 0.0941. The SMILES string of the molecule is CCC(C)(CC)C(=O)/C=C(\O)C(C)(C)CC.Cc1csc2cccc(-c3cc4ccnc(-c5[c-]c6ccccc6c(C(C)(C)C)c5)c4s3)c12.[Ir]. The normalized spacial score (nSPS) is 12.6. The Bertz CT molecular complexity index is 2160. The summed E-state index contributed by atoms with van der Waals surface area (Å²) >= 11 is 3.66. The molecule has 3 aromatic carbocycles. The Kier molecular flexibility index (Phi) is 12.4. The Morgan fingerprint density at radius 3 is 2.28 bits per heavy atom. The molecule has 3 aromatic heterocycles. The third kappa shape index (κ3) is 8.00. The zero-order chi connectivity index (χ0) is 35.7. The van der Waals surface area contributed by atoms with Gasteiger partial charge in [0.1, 0.15) is 5.76 Å². The summed E-state index contributed by atoms with van der Waals surface area (Å²) in [5, 5.41) is 17.2. The van der Waals surface area contributed by atoms with E-state index in [9.17, 15) is 9.90 Å². The van der Waals surface area contributed by atoms with Crippen molar-refractivity contribution in [1.82, 2.24) is 4.98 Å². The van der Waals surface area contributed by atoms with Crippen molar-refractivity contribution in [3.05, 3.63) is 101 Å². The number of ketones is 1. The van der Waals surface area contributed by atoms with Gasteiger partial charge in [0.15, 0.2) is 5.78 Å². The number of allylic oxidation sites excluding steroid dienone is 2. The number of thiophene rings is 2. The molecule has 1 N–H and O–H groups in total. The summed E-state index contributed by atoms with van der Waals surface area (Å²) in [5.41, 5.74) is 5.48. The summed E-state index contributed by atoms with van der Waals surface area (Å²) in [6.45, 7) is 20.9. The molecule has 0 aliphatic carbocycles. The van der Waals surface area contributed by atoms with Crippen LogP contribution in [0, 0.1) is 23.8 Å². The van der Waals surface area contributed by atoms with Gasteiger partial charge in [-0.2, -0.15) is 0 Å². The second-order valence-electron chi connectivity index (χ2n) is 15.1. The first kappa shape index (κ1) is 39.6. The molecule has 0 unspecified atom stereocenters. The molecule has 3 heterocycles. The molecule has 0 atom stereocenters. The van der Waals surface area contributed by atoms with Crippen LogP contribution in [0.25, 0.3) is 52.6 Å². The molecular formula is C44H50IrNO2S2-. The standard InChI is InChI=1S/C30H24NS2.C14H26O2.Ir/c1-18-17-32-25-11-7-10-23(27(18)25)26-16-20-12-13-31-28(29(20)33-26)21-14-19-8-5-6-9-22(19)24(15-21)30(2,3)4;1-7-13(4,5)11(15)10-12(16)14(6,8-2)9-3;/h5-13,15-17H,1-4H3;10,15H,7-9H2,1-6H3;/q-1;;/b;11-10-;. The average molecular weight is 881 g/mol. The minimum Gasteiger partial charge on any atom is -0.512 e. The number of pyridine rings is 1. The number of rotatable bonds is 8. The van der Waals surface area contributed by atoms with E-state index in [0.29, 0.717) is 0 Å². The number of hydrogen-bond acceptors (Lipinski definition) is 5. The van der Waals surface area contributed by atoms with E-state index >= 15 is 0 Å². The van der Waals surface area contributed by atoms with Gasteiger partial charge in [-0.15, -0.1) is 51.8 Å². The number of benzene rings is 3. The summed E-state index contributed by atoms with van der Waals surface area (Å²) in [6.07, 6.45) is 5.79. The zero-order valence-corrected chi connectivity index (χ0v) is 35.1. The first-order valence-electron chi connectivity index (χ1n) is 17.4. The number of hydrogen-bond donors (Lipinski definition) is 1. The van der Waals surface area contributed by atoms with Crippen LogP contribution in [0.4, 0.5) is 0 Å². The maximum absolute atomic E-state index is 12.1. The number of aliphatic hydroxyl groups is 1. The molecule has 6 rings (SSSR count). The predicted molar refractivity (Wildman–Crippen MR) is 214 cm³/mol. The molecule has 1 radical (unpaired) electrons. The predicted octanol–water partition coefficient (Wildman–Crippen LogP) is 13.7. The van der Waals surface area contributed by atoms with Gasteiger partial charge in [-0.3, -0.25) is 9.78 Å². The Morgan fingerprint density at radius 1 is 0.920 bits per heavy atom. The summed E-state index contributed by atoms with van der Waals surface area (Å²) in [6, 6.07) is 25.6. The molecule has 0 saturated carbocycles. The van der Waals surface area contributed by atoms with Crippen LogP contribution in [0.3, 0.4) is 0 Å². The first-order chi connectivity index (χ1) is 23.1. The summed E-state index contributed by atoms with van der Waals surface area (Å²) in [7, 11) is 0. The monoisotopic (exact) mass is 881 g/mol. The molecule has 50 heavy (non-hydrogen) atoms. The Labute approximate surface area is 320 Å². The number of aryl methyl sites for hydroxylation is 1. The largest absolute Gasteiger partial charge is 0.512 e. The van der Waals surface area contributed by atoms with Crippen LogP contribution in [0.15, 0.2) is 84.1 Å². The van der Waals surface area contributed by atoms with Gasteiger partial charge in [0, 0.05) is 74.1 Å². The molecule has 6 heteroatoms. The Balaban J connectivity index is 0.000000284. The molecule has 0 aliphatic heterocycles. The van der Waals surface area contributed by atoms with Crippen LogP contribution in [0.2, 0.25) is 0 Å². The van der Waals surface area contributed by atoms with Crippen molar-refractivity contribution < 1.29 is 30.0 Å². The topological polar surface area (TPSA) is 50.2 Å². The van der Waals surface area contributed by atoms with E-state index < -0.39 is 0 Å². The smallest absolute Gasteiger partial charge is 0.164 e. The van der Waals surface area contributed by atoms with E-state index in [4.69, 9.17) is 4.98 Å². The molecular weight excluding hydrogens is 831 g/mol. The Morgan fingerprint density at radius 2 is 1.62 bits per heavy atom. The van der Waals surface area contributed by atoms with Gasteiger partial charge in [-0.05, 0) is 66.1 Å². The summed E-state index contributed by atoms with van der Waals surface area (Å²) < 4.78 is 2.57. The van der Waals surface area contributed by atoms with Crippen molar-refractivity contribution >= 4 is 59.4 Å². The number of carbonyl (C=O) groups excluding carboxylic acids is 1. The van der Waals surface area contributed by atoms with Gasteiger partial charge >= 0.3 is 0 Å². The Hall–Kier alpha value is -3.15. The van der Waals surface area contributed by atoms with E-state index in [1.807, 2.05) is 70.4 Å². The summed E-state index contributed by atoms with van der Waals surface area (Å²) in [4.78, 5) is 18.2. The second-order valence-corrected chi connectivity index (χ2v) is 17.0. The van der Waals surface area contributed by atoms with Gasteiger partial charge in [0.2, 0.25) is 0 Å². The van der Waals surface area contributed by atoms with Crippen LogP contribution in [-0.4, -0.2) is 15.9 Å². The minimum absolute atomic E-state index is 0. The number of aromatic nitrogens is 1. The van der Waals surface area contributed by atoms with Gasteiger partial charge in [0.05, 0.1) is 0 Å². The van der Waals surface area contributed by atoms with Gasteiger partial charge in [0.25, 0.3) is 0 Å². The molecule has 0 amide bonds. The van der Waals surface area contributed by atoms with Crippen LogP contribution >= 0.6 is 22.7 Å². The molecule has 0 bridgehead atoms. The van der Waals surface area contributed by atoms with E-state index in [-0.39, 0.29) is 47.9 Å². The third-order valence-corrected chi connectivity index (χ3v) is 12.6. The molecule has 3 nitrogen and oxygen atoms in total.